The largest absolute Gasteiger partial charge is 0.389 e. The van der Waals surface area contributed by atoms with Crippen LogP contribution in [0, 0.1) is 0 Å². The zero-order chi connectivity index (χ0) is 15.3. The van der Waals surface area contributed by atoms with Gasteiger partial charge >= 0.3 is 11.9 Å². The third-order valence-electron chi connectivity index (χ3n) is 2.63. The lowest BCUT2D eigenvalue weighted by atomic mass is 10.3. The van der Waals surface area contributed by atoms with Crippen LogP contribution >= 0.6 is 0 Å². The van der Waals surface area contributed by atoms with Crippen LogP contribution in [0.4, 0.5) is 24.7 Å². The SMILES string of the molecule is CCCn1c(N)c(NCCCC(F)(F)F)c(=O)[nH]c1=O. The molecule has 0 atom stereocenters. The van der Waals surface area contributed by atoms with Gasteiger partial charge in [-0.2, -0.15) is 13.2 Å². The second kappa shape index (κ2) is 6.49. The molecule has 0 amide bonds. The summed E-state index contributed by atoms with van der Waals surface area (Å²) >= 11 is 0. The van der Waals surface area contributed by atoms with Crippen molar-refractivity contribution in [2.45, 2.75) is 38.9 Å². The minimum absolute atomic E-state index is 0.0584. The van der Waals surface area contributed by atoms with E-state index >= 15 is 0 Å². The maximum Gasteiger partial charge on any atom is 0.389 e. The maximum absolute atomic E-state index is 12.0. The highest BCUT2D eigenvalue weighted by Crippen LogP contribution is 2.21. The van der Waals surface area contributed by atoms with Crippen LogP contribution in [0.3, 0.4) is 0 Å². The fourth-order valence-corrected chi connectivity index (χ4v) is 1.71. The predicted molar refractivity (Wildman–Crippen MR) is 69.8 cm³/mol. The average Bonchev–Trinajstić information content (AvgIpc) is 2.32. The van der Waals surface area contributed by atoms with Crippen molar-refractivity contribution in [3.8, 4) is 0 Å². The van der Waals surface area contributed by atoms with Crippen LogP contribution in [0.2, 0.25) is 0 Å². The molecule has 0 aromatic carbocycles. The van der Waals surface area contributed by atoms with Gasteiger partial charge in [0, 0.05) is 19.5 Å². The van der Waals surface area contributed by atoms with Crippen LogP contribution < -0.4 is 22.3 Å². The van der Waals surface area contributed by atoms with Crippen LogP contribution in [0.1, 0.15) is 26.2 Å². The van der Waals surface area contributed by atoms with E-state index < -0.39 is 23.8 Å². The first kappa shape index (κ1) is 16.1. The molecule has 0 unspecified atom stereocenters. The first-order chi connectivity index (χ1) is 9.26. The number of nitrogen functional groups attached to an aromatic ring is 1. The van der Waals surface area contributed by atoms with Gasteiger partial charge in [0.2, 0.25) is 0 Å². The summed E-state index contributed by atoms with van der Waals surface area (Å²) < 4.78 is 37.1. The van der Waals surface area contributed by atoms with Crippen molar-refractivity contribution in [3.05, 3.63) is 20.8 Å². The Kier molecular flexibility index (Phi) is 5.23. The average molecular weight is 294 g/mol. The molecular weight excluding hydrogens is 277 g/mol. The fourth-order valence-electron chi connectivity index (χ4n) is 1.71. The molecule has 6 nitrogen and oxygen atoms in total. The summed E-state index contributed by atoms with van der Waals surface area (Å²) in [4.78, 5) is 25.2. The second-order valence-electron chi connectivity index (χ2n) is 4.32. The summed E-state index contributed by atoms with van der Waals surface area (Å²) in [6, 6.07) is 0. The molecule has 1 rings (SSSR count). The molecule has 1 heterocycles. The Morgan fingerprint density at radius 2 is 2.00 bits per heavy atom. The summed E-state index contributed by atoms with van der Waals surface area (Å²) in [5, 5.41) is 2.55. The molecule has 1 aromatic heterocycles. The van der Waals surface area contributed by atoms with Crippen LogP contribution in [0.15, 0.2) is 9.59 Å². The number of aromatic amines is 1. The standard InChI is InChI=1S/C11H17F3N4O2/c1-2-6-18-8(15)7(9(19)17-10(18)20)16-5-3-4-11(12,13)14/h16H,2-6,15H2,1H3,(H,17,19,20). The molecule has 0 fully saturated rings. The lowest BCUT2D eigenvalue weighted by Crippen LogP contribution is -2.34. The highest BCUT2D eigenvalue weighted by atomic mass is 19.4. The van der Waals surface area contributed by atoms with Crippen molar-refractivity contribution in [2.75, 3.05) is 17.6 Å². The van der Waals surface area contributed by atoms with E-state index in [0.717, 1.165) is 0 Å². The number of hydrogen-bond acceptors (Lipinski definition) is 4. The Balaban J connectivity index is 2.82. The van der Waals surface area contributed by atoms with Gasteiger partial charge in [0.25, 0.3) is 5.56 Å². The third kappa shape index (κ3) is 4.32. The number of halogens is 3. The monoisotopic (exact) mass is 294 g/mol. The Morgan fingerprint density at radius 3 is 2.55 bits per heavy atom. The molecule has 0 aliphatic rings. The highest BCUT2D eigenvalue weighted by Gasteiger charge is 2.26. The van der Waals surface area contributed by atoms with E-state index in [0.29, 0.717) is 13.0 Å². The van der Waals surface area contributed by atoms with Gasteiger partial charge in [0.05, 0.1) is 0 Å². The first-order valence-electron chi connectivity index (χ1n) is 6.19. The molecular formula is C11H17F3N4O2. The van der Waals surface area contributed by atoms with Crippen molar-refractivity contribution >= 4 is 11.5 Å². The van der Waals surface area contributed by atoms with E-state index in [1.54, 1.807) is 0 Å². The summed E-state index contributed by atoms with van der Waals surface area (Å²) in [5.74, 6) is -0.0624. The molecule has 114 valence electrons. The molecule has 0 aliphatic carbocycles. The van der Waals surface area contributed by atoms with E-state index in [1.807, 2.05) is 6.92 Å². The Labute approximate surface area is 112 Å². The van der Waals surface area contributed by atoms with Crippen LogP contribution in [-0.4, -0.2) is 22.3 Å². The zero-order valence-corrected chi connectivity index (χ0v) is 11.0. The molecule has 0 aliphatic heterocycles. The lowest BCUT2D eigenvalue weighted by molar-refractivity contribution is -0.134. The first-order valence-corrected chi connectivity index (χ1v) is 6.19. The van der Waals surface area contributed by atoms with Gasteiger partial charge in [-0.1, -0.05) is 6.92 Å². The Morgan fingerprint density at radius 1 is 1.35 bits per heavy atom. The third-order valence-corrected chi connectivity index (χ3v) is 2.63. The van der Waals surface area contributed by atoms with Crippen molar-refractivity contribution in [2.24, 2.45) is 0 Å². The van der Waals surface area contributed by atoms with E-state index in [2.05, 4.69) is 10.3 Å². The number of nitrogens with zero attached hydrogens (tertiary/aromatic N) is 1. The molecule has 0 radical (unpaired) electrons. The van der Waals surface area contributed by atoms with Crippen LogP contribution in [0.5, 0.6) is 0 Å². The van der Waals surface area contributed by atoms with E-state index in [9.17, 15) is 22.8 Å². The molecule has 9 heteroatoms. The van der Waals surface area contributed by atoms with Gasteiger partial charge in [-0.3, -0.25) is 14.3 Å². The summed E-state index contributed by atoms with van der Waals surface area (Å²) in [6.07, 6.45) is -4.74. The number of hydrogen-bond donors (Lipinski definition) is 3. The van der Waals surface area contributed by atoms with Gasteiger partial charge in [-0.15, -0.1) is 0 Å². The summed E-state index contributed by atoms with van der Waals surface area (Å²) in [5.41, 5.74) is 4.27. The summed E-state index contributed by atoms with van der Waals surface area (Å²) in [7, 11) is 0. The molecule has 0 saturated heterocycles. The van der Waals surface area contributed by atoms with Gasteiger partial charge in [-0.05, 0) is 12.8 Å². The fraction of sp³-hybridized carbons (Fsp3) is 0.636. The number of anilines is 2. The smallest absolute Gasteiger partial charge is 0.383 e. The van der Waals surface area contributed by atoms with Gasteiger partial charge < -0.3 is 11.1 Å². The number of aromatic nitrogens is 2. The highest BCUT2D eigenvalue weighted by molar-refractivity contribution is 5.60. The molecule has 1 aromatic rings. The maximum atomic E-state index is 12.0. The van der Waals surface area contributed by atoms with Crippen molar-refractivity contribution < 1.29 is 13.2 Å². The molecule has 0 spiro atoms. The number of nitrogens with one attached hydrogen (secondary N) is 2. The Bertz CT molecular complexity index is 562. The number of H-pyrrole nitrogens is 1. The minimum atomic E-state index is -4.24. The molecule has 20 heavy (non-hydrogen) atoms. The molecule has 4 N–H and O–H groups in total. The molecule has 0 saturated carbocycles. The zero-order valence-electron chi connectivity index (χ0n) is 11.0. The lowest BCUT2D eigenvalue weighted by Gasteiger charge is -2.13. The van der Waals surface area contributed by atoms with E-state index in [1.165, 1.54) is 4.57 Å². The Hall–Kier alpha value is -1.93. The van der Waals surface area contributed by atoms with E-state index in [-0.39, 0.29) is 24.5 Å². The number of alkyl halides is 3. The normalized spacial score (nSPS) is 11.6. The minimum Gasteiger partial charge on any atom is -0.383 e. The van der Waals surface area contributed by atoms with Crippen LogP contribution in [0.25, 0.3) is 0 Å². The molecule has 0 bridgehead atoms. The number of rotatable bonds is 6. The predicted octanol–water partition coefficient (Wildman–Crippen LogP) is 1.28. The van der Waals surface area contributed by atoms with Crippen molar-refractivity contribution in [1.82, 2.24) is 9.55 Å². The van der Waals surface area contributed by atoms with Gasteiger partial charge in [-0.25, -0.2) is 4.79 Å². The van der Waals surface area contributed by atoms with Gasteiger partial charge in [0.15, 0.2) is 0 Å². The van der Waals surface area contributed by atoms with Crippen LogP contribution in [-0.2, 0) is 6.54 Å². The second-order valence-corrected chi connectivity index (χ2v) is 4.32. The van der Waals surface area contributed by atoms with E-state index in [4.69, 9.17) is 5.73 Å². The van der Waals surface area contributed by atoms with Crippen molar-refractivity contribution in [3.63, 3.8) is 0 Å². The van der Waals surface area contributed by atoms with Gasteiger partial charge in [0.1, 0.15) is 11.5 Å². The van der Waals surface area contributed by atoms with Crippen molar-refractivity contribution in [1.29, 1.82) is 0 Å². The number of nitrogens with two attached hydrogens (primary N) is 1. The topological polar surface area (TPSA) is 92.9 Å². The quantitative estimate of drug-likeness (QED) is 0.689. The summed E-state index contributed by atoms with van der Waals surface area (Å²) in [6.45, 7) is 2.09.